The number of carbonyl (C=O) groups excluding carboxylic acids is 2. The van der Waals surface area contributed by atoms with Gasteiger partial charge in [0, 0.05) is 39.0 Å². The topological polar surface area (TPSA) is 96.9 Å². The van der Waals surface area contributed by atoms with Crippen molar-refractivity contribution in [2.45, 2.75) is 24.9 Å². The van der Waals surface area contributed by atoms with Gasteiger partial charge in [-0.1, -0.05) is 6.07 Å². The Morgan fingerprint density at radius 2 is 1.85 bits per heavy atom. The quantitative estimate of drug-likeness (QED) is 0.682. The molecule has 0 saturated carbocycles. The predicted octanol–water partition coefficient (Wildman–Crippen LogP) is -0.503. The minimum absolute atomic E-state index is 0.0835. The zero-order valence-corrected chi connectivity index (χ0v) is 15.5. The Morgan fingerprint density at radius 1 is 1.19 bits per heavy atom. The molecule has 3 rings (SSSR count). The maximum Gasteiger partial charge on any atom is 0.248 e. The SMILES string of the molecule is COCC(=O)N1CCN(C(=O)CCc2cccnc2)[C@@H]2CS(=O)(=O)C[C@@H]21. The van der Waals surface area contributed by atoms with Crippen molar-refractivity contribution in [3.63, 3.8) is 0 Å². The summed E-state index contributed by atoms with van der Waals surface area (Å²) in [4.78, 5) is 32.2. The van der Waals surface area contributed by atoms with Crippen LogP contribution >= 0.6 is 0 Å². The molecule has 0 N–H and O–H groups in total. The summed E-state index contributed by atoms with van der Waals surface area (Å²) in [5.41, 5.74) is 0.963. The zero-order valence-electron chi connectivity index (χ0n) is 14.7. The van der Waals surface area contributed by atoms with Crippen molar-refractivity contribution < 1.29 is 22.7 Å². The lowest BCUT2D eigenvalue weighted by Gasteiger charge is -2.43. The Bertz CT molecular complexity index is 768. The molecule has 0 bridgehead atoms. The van der Waals surface area contributed by atoms with Crippen molar-refractivity contribution in [3.8, 4) is 0 Å². The van der Waals surface area contributed by atoms with Crippen molar-refractivity contribution in [1.29, 1.82) is 0 Å². The highest BCUT2D eigenvalue weighted by molar-refractivity contribution is 7.91. The lowest BCUT2D eigenvalue weighted by Crippen LogP contribution is -2.62. The van der Waals surface area contributed by atoms with Crippen LogP contribution in [-0.4, -0.2) is 85.4 Å². The molecule has 2 aliphatic rings. The van der Waals surface area contributed by atoms with Gasteiger partial charge in [-0.05, 0) is 18.1 Å². The largest absolute Gasteiger partial charge is 0.375 e. The number of methoxy groups -OCH3 is 1. The highest BCUT2D eigenvalue weighted by atomic mass is 32.2. The van der Waals surface area contributed by atoms with E-state index in [1.807, 2.05) is 12.1 Å². The van der Waals surface area contributed by atoms with Gasteiger partial charge in [-0.3, -0.25) is 14.6 Å². The van der Waals surface area contributed by atoms with Gasteiger partial charge in [-0.2, -0.15) is 0 Å². The lowest BCUT2D eigenvalue weighted by molar-refractivity contribution is -0.147. The Balaban J connectivity index is 1.71. The molecule has 1 aromatic rings. The number of carbonyl (C=O) groups is 2. The number of nitrogens with zero attached hydrogens (tertiary/aromatic N) is 3. The Hall–Kier alpha value is -2.00. The normalized spacial score (nSPS) is 24.3. The van der Waals surface area contributed by atoms with E-state index in [4.69, 9.17) is 4.74 Å². The predicted molar refractivity (Wildman–Crippen MR) is 94.1 cm³/mol. The second-order valence-electron chi connectivity index (χ2n) is 6.68. The van der Waals surface area contributed by atoms with Crippen LogP contribution in [0.5, 0.6) is 0 Å². The third kappa shape index (κ3) is 4.04. The Morgan fingerprint density at radius 3 is 2.42 bits per heavy atom. The van der Waals surface area contributed by atoms with Crippen molar-refractivity contribution >= 4 is 21.7 Å². The van der Waals surface area contributed by atoms with E-state index >= 15 is 0 Å². The smallest absolute Gasteiger partial charge is 0.248 e. The van der Waals surface area contributed by atoms with Gasteiger partial charge in [-0.25, -0.2) is 8.42 Å². The summed E-state index contributed by atoms with van der Waals surface area (Å²) in [7, 11) is -1.85. The molecule has 3 heterocycles. The van der Waals surface area contributed by atoms with Crippen LogP contribution in [0.2, 0.25) is 0 Å². The van der Waals surface area contributed by atoms with Crippen LogP contribution in [0, 0.1) is 0 Å². The van der Waals surface area contributed by atoms with Crippen molar-refractivity contribution in [1.82, 2.24) is 14.8 Å². The van der Waals surface area contributed by atoms with Crippen LogP contribution in [0.3, 0.4) is 0 Å². The van der Waals surface area contributed by atoms with Gasteiger partial charge in [0.05, 0.1) is 23.6 Å². The number of amides is 2. The number of ether oxygens (including phenoxy) is 1. The van der Waals surface area contributed by atoms with Crippen molar-refractivity contribution in [3.05, 3.63) is 30.1 Å². The number of piperazine rings is 1. The summed E-state index contributed by atoms with van der Waals surface area (Å²) >= 11 is 0. The first-order valence-corrected chi connectivity index (χ1v) is 10.4. The minimum atomic E-state index is -3.28. The van der Waals surface area contributed by atoms with E-state index in [9.17, 15) is 18.0 Å². The van der Waals surface area contributed by atoms with Crippen LogP contribution in [0.1, 0.15) is 12.0 Å². The van der Waals surface area contributed by atoms with Gasteiger partial charge < -0.3 is 14.5 Å². The van der Waals surface area contributed by atoms with Crippen LogP contribution < -0.4 is 0 Å². The third-order valence-electron chi connectivity index (χ3n) is 4.93. The molecule has 142 valence electrons. The van der Waals surface area contributed by atoms with E-state index in [1.54, 1.807) is 22.2 Å². The van der Waals surface area contributed by atoms with Crippen LogP contribution in [-0.2, 0) is 30.6 Å². The fraction of sp³-hybridized carbons (Fsp3) is 0.588. The summed E-state index contributed by atoms with van der Waals surface area (Å²) in [5, 5.41) is 0. The first-order valence-electron chi connectivity index (χ1n) is 8.58. The molecule has 9 heteroatoms. The minimum Gasteiger partial charge on any atom is -0.375 e. The summed E-state index contributed by atoms with van der Waals surface area (Å²) in [6.45, 7) is 0.591. The number of rotatable bonds is 5. The lowest BCUT2D eigenvalue weighted by atomic mass is 10.0. The average Bonchev–Trinajstić information content (AvgIpc) is 2.94. The van der Waals surface area contributed by atoms with Gasteiger partial charge in [0.25, 0.3) is 0 Å². The number of hydrogen-bond acceptors (Lipinski definition) is 6. The Labute approximate surface area is 153 Å². The molecule has 8 nitrogen and oxygen atoms in total. The molecule has 0 aliphatic carbocycles. The molecule has 2 amide bonds. The summed E-state index contributed by atoms with van der Waals surface area (Å²) in [6.07, 6.45) is 4.24. The second-order valence-corrected chi connectivity index (χ2v) is 8.83. The molecule has 2 aliphatic heterocycles. The summed E-state index contributed by atoms with van der Waals surface area (Å²) < 4.78 is 29.2. The second kappa shape index (κ2) is 7.71. The van der Waals surface area contributed by atoms with Gasteiger partial charge >= 0.3 is 0 Å². The molecular formula is C17H23N3O5S. The standard InChI is InChI=1S/C17H23N3O5S/c1-25-10-17(22)20-8-7-19(14-11-26(23,24)12-15(14)20)16(21)5-4-13-3-2-6-18-9-13/h2-3,6,9,14-15H,4-5,7-8,10-12H2,1H3/t14-,15+/m1/s1. The van der Waals surface area contributed by atoms with Crippen molar-refractivity contribution in [2.75, 3.05) is 38.3 Å². The number of pyridine rings is 1. The number of aryl methyl sites for hydroxylation is 1. The van der Waals surface area contributed by atoms with Crippen LogP contribution in [0.4, 0.5) is 0 Å². The van der Waals surface area contributed by atoms with E-state index in [1.165, 1.54) is 7.11 Å². The van der Waals surface area contributed by atoms with Gasteiger partial charge in [-0.15, -0.1) is 0 Å². The maximum absolute atomic E-state index is 12.7. The highest BCUT2D eigenvalue weighted by Crippen LogP contribution is 2.28. The molecule has 1 aromatic heterocycles. The molecule has 0 spiro atoms. The number of fused-ring (bicyclic) bond motifs is 1. The third-order valence-corrected chi connectivity index (χ3v) is 6.63. The Kier molecular flexibility index (Phi) is 5.57. The molecular weight excluding hydrogens is 358 g/mol. The van der Waals surface area contributed by atoms with Crippen molar-refractivity contribution in [2.24, 2.45) is 0 Å². The molecule has 0 aromatic carbocycles. The molecule has 2 atom stereocenters. The maximum atomic E-state index is 12.7. The van der Waals surface area contributed by atoms with Gasteiger partial charge in [0.15, 0.2) is 9.84 Å². The number of sulfone groups is 1. The molecule has 26 heavy (non-hydrogen) atoms. The van der Waals surface area contributed by atoms with E-state index in [-0.39, 0.29) is 29.9 Å². The zero-order chi connectivity index (χ0) is 18.7. The molecule has 2 saturated heterocycles. The molecule has 2 fully saturated rings. The monoisotopic (exact) mass is 381 g/mol. The van der Waals surface area contributed by atoms with E-state index < -0.39 is 21.9 Å². The number of aromatic nitrogens is 1. The molecule has 0 radical (unpaired) electrons. The van der Waals surface area contributed by atoms with Crippen LogP contribution in [0.15, 0.2) is 24.5 Å². The van der Waals surface area contributed by atoms with E-state index in [0.717, 1.165) is 5.56 Å². The fourth-order valence-electron chi connectivity index (χ4n) is 3.72. The molecule has 0 unspecified atom stereocenters. The summed E-state index contributed by atoms with van der Waals surface area (Å²) in [6, 6.07) is 2.76. The number of hydrogen-bond donors (Lipinski definition) is 0. The fourth-order valence-corrected chi connectivity index (χ4v) is 5.70. The van der Waals surface area contributed by atoms with E-state index in [0.29, 0.717) is 25.9 Å². The first kappa shape index (κ1) is 18.8. The highest BCUT2D eigenvalue weighted by Gasteiger charge is 2.49. The van der Waals surface area contributed by atoms with Crippen LogP contribution in [0.25, 0.3) is 0 Å². The van der Waals surface area contributed by atoms with Gasteiger partial charge in [0.2, 0.25) is 11.8 Å². The van der Waals surface area contributed by atoms with E-state index in [2.05, 4.69) is 4.98 Å². The summed E-state index contributed by atoms with van der Waals surface area (Å²) in [5.74, 6) is -0.506. The average molecular weight is 381 g/mol. The van der Waals surface area contributed by atoms with Gasteiger partial charge in [0.1, 0.15) is 6.61 Å². The first-order chi connectivity index (χ1) is 12.4.